The van der Waals surface area contributed by atoms with E-state index in [0.29, 0.717) is 17.8 Å². The van der Waals surface area contributed by atoms with E-state index in [0.717, 1.165) is 12.1 Å². The second-order valence-electron chi connectivity index (χ2n) is 5.03. The topological polar surface area (TPSA) is 52.0 Å². The Hall–Kier alpha value is -1.44. The second kappa shape index (κ2) is 5.94. The van der Waals surface area contributed by atoms with Crippen molar-refractivity contribution in [1.82, 2.24) is 15.4 Å². The first kappa shape index (κ1) is 13.0. The van der Waals surface area contributed by atoms with Crippen LogP contribution in [0.3, 0.4) is 0 Å². The summed E-state index contributed by atoms with van der Waals surface area (Å²) < 4.78 is 0. The summed E-state index contributed by atoms with van der Waals surface area (Å²) >= 11 is 0. The number of nitriles is 1. The molecule has 1 aromatic rings. The predicted octanol–water partition coefficient (Wildman–Crippen LogP) is 2.22. The van der Waals surface area contributed by atoms with Gasteiger partial charge in [-0.25, -0.2) is 9.99 Å². The Morgan fingerprint density at radius 2 is 2.17 bits per heavy atom. The van der Waals surface area contributed by atoms with E-state index in [-0.39, 0.29) is 0 Å². The minimum absolute atomic E-state index is 0.481. The van der Waals surface area contributed by atoms with Gasteiger partial charge in [0.2, 0.25) is 0 Å². The molecule has 2 heterocycles. The molecule has 2 atom stereocenters. The summed E-state index contributed by atoms with van der Waals surface area (Å²) in [7, 11) is 0. The van der Waals surface area contributed by atoms with Gasteiger partial charge in [-0.15, -0.1) is 0 Å². The van der Waals surface area contributed by atoms with E-state index in [1.807, 2.05) is 12.1 Å². The lowest BCUT2D eigenvalue weighted by Crippen LogP contribution is -2.51. The lowest BCUT2D eigenvalue weighted by molar-refractivity contribution is 0.0435. The van der Waals surface area contributed by atoms with Crippen LogP contribution in [0.4, 0.5) is 0 Å². The molecule has 1 saturated heterocycles. The number of hydrazine groups is 1. The fraction of sp³-hybridized carbons (Fsp3) is 0.571. The molecule has 0 aromatic carbocycles. The SMILES string of the molecule is CC1CCCC(C)N1NCc1ccnc(C#N)c1. The minimum Gasteiger partial charge on any atom is -0.250 e. The van der Waals surface area contributed by atoms with Gasteiger partial charge in [0.1, 0.15) is 11.8 Å². The summed E-state index contributed by atoms with van der Waals surface area (Å²) in [6, 6.07) is 7.01. The summed E-state index contributed by atoms with van der Waals surface area (Å²) in [5.74, 6) is 0. The highest BCUT2D eigenvalue weighted by molar-refractivity contribution is 5.25. The number of nitrogens with one attached hydrogen (secondary N) is 1. The fourth-order valence-electron chi connectivity index (χ4n) is 2.56. The maximum absolute atomic E-state index is 8.82. The van der Waals surface area contributed by atoms with Gasteiger partial charge in [0.15, 0.2) is 0 Å². The smallest absolute Gasteiger partial charge is 0.140 e. The van der Waals surface area contributed by atoms with Gasteiger partial charge in [-0.1, -0.05) is 6.42 Å². The van der Waals surface area contributed by atoms with E-state index >= 15 is 0 Å². The van der Waals surface area contributed by atoms with Crippen LogP contribution in [0.5, 0.6) is 0 Å². The number of aromatic nitrogens is 1. The maximum Gasteiger partial charge on any atom is 0.140 e. The molecule has 18 heavy (non-hydrogen) atoms. The van der Waals surface area contributed by atoms with Gasteiger partial charge in [-0.2, -0.15) is 5.26 Å². The van der Waals surface area contributed by atoms with Crippen molar-refractivity contribution in [1.29, 1.82) is 5.26 Å². The molecule has 2 unspecified atom stereocenters. The molecule has 0 radical (unpaired) electrons. The van der Waals surface area contributed by atoms with E-state index in [9.17, 15) is 0 Å². The van der Waals surface area contributed by atoms with Gasteiger partial charge >= 0.3 is 0 Å². The second-order valence-corrected chi connectivity index (χ2v) is 5.03. The van der Waals surface area contributed by atoms with Gasteiger partial charge in [0.25, 0.3) is 0 Å². The predicted molar refractivity (Wildman–Crippen MR) is 70.4 cm³/mol. The highest BCUT2D eigenvalue weighted by atomic mass is 15.5. The van der Waals surface area contributed by atoms with Crippen molar-refractivity contribution in [2.75, 3.05) is 0 Å². The van der Waals surface area contributed by atoms with Crippen molar-refractivity contribution in [2.24, 2.45) is 0 Å². The monoisotopic (exact) mass is 244 g/mol. The molecule has 96 valence electrons. The van der Waals surface area contributed by atoms with E-state index in [4.69, 9.17) is 5.26 Å². The zero-order valence-corrected chi connectivity index (χ0v) is 11.1. The Morgan fingerprint density at radius 1 is 1.44 bits per heavy atom. The van der Waals surface area contributed by atoms with Gasteiger partial charge in [-0.05, 0) is 44.4 Å². The number of nitrogens with zero attached hydrogens (tertiary/aromatic N) is 3. The zero-order valence-electron chi connectivity index (χ0n) is 11.1. The third-order valence-corrected chi connectivity index (χ3v) is 3.60. The largest absolute Gasteiger partial charge is 0.250 e. The Morgan fingerprint density at radius 3 is 2.83 bits per heavy atom. The van der Waals surface area contributed by atoms with Gasteiger partial charge in [-0.3, -0.25) is 5.43 Å². The summed E-state index contributed by atoms with van der Waals surface area (Å²) in [5, 5.41) is 11.2. The molecule has 1 aliphatic rings. The summed E-state index contributed by atoms with van der Waals surface area (Å²) in [4.78, 5) is 3.98. The van der Waals surface area contributed by atoms with Crippen LogP contribution in [-0.2, 0) is 6.54 Å². The number of hydrogen-bond acceptors (Lipinski definition) is 4. The molecule has 1 N–H and O–H groups in total. The standard InChI is InChI=1S/C14H20N4/c1-11-4-3-5-12(2)18(11)17-10-13-6-7-16-14(8-13)9-15/h6-8,11-12,17H,3-5,10H2,1-2H3. The Balaban J connectivity index is 1.96. The van der Waals surface area contributed by atoms with Crippen molar-refractivity contribution >= 4 is 0 Å². The lowest BCUT2D eigenvalue weighted by atomic mass is 10.00. The summed E-state index contributed by atoms with van der Waals surface area (Å²) in [6.07, 6.45) is 5.50. The third kappa shape index (κ3) is 3.06. The highest BCUT2D eigenvalue weighted by Crippen LogP contribution is 2.20. The van der Waals surface area contributed by atoms with E-state index in [1.54, 1.807) is 6.20 Å². The molecule has 4 heteroatoms. The first-order chi connectivity index (χ1) is 8.70. The van der Waals surface area contributed by atoms with Gasteiger partial charge in [0.05, 0.1) is 0 Å². The maximum atomic E-state index is 8.82. The molecule has 0 saturated carbocycles. The number of pyridine rings is 1. The molecular formula is C14H20N4. The normalized spacial score (nSPS) is 24.7. The molecule has 1 fully saturated rings. The van der Waals surface area contributed by atoms with Crippen LogP contribution < -0.4 is 5.43 Å². The Kier molecular flexibility index (Phi) is 4.29. The van der Waals surface area contributed by atoms with Crippen molar-refractivity contribution < 1.29 is 0 Å². The van der Waals surface area contributed by atoms with Crippen LogP contribution in [0.1, 0.15) is 44.4 Å². The molecule has 0 spiro atoms. The van der Waals surface area contributed by atoms with Crippen LogP contribution >= 0.6 is 0 Å². The van der Waals surface area contributed by atoms with Crippen molar-refractivity contribution in [3.63, 3.8) is 0 Å². The van der Waals surface area contributed by atoms with E-state index < -0.39 is 0 Å². The van der Waals surface area contributed by atoms with Crippen molar-refractivity contribution in [2.45, 2.75) is 51.7 Å². The number of piperidine rings is 1. The molecule has 0 aliphatic carbocycles. The first-order valence-corrected chi connectivity index (χ1v) is 6.57. The molecule has 0 amide bonds. The molecular weight excluding hydrogens is 224 g/mol. The van der Waals surface area contributed by atoms with Crippen LogP contribution in [0.15, 0.2) is 18.3 Å². The van der Waals surface area contributed by atoms with Crippen LogP contribution in [0, 0.1) is 11.3 Å². The third-order valence-electron chi connectivity index (χ3n) is 3.60. The number of rotatable bonds is 3. The molecule has 1 aliphatic heterocycles. The van der Waals surface area contributed by atoms with Gasteiger partial charge < -0.3 is 0 Å². The lowest BCUT2D eigenvalue weighted by Gasteiger charge is -2.39. The van der Waals surface area contributed by atoms with Crippen molar-refractivity contribution in [3.8, 4) is 6.07 Å². The summed E-state index contributed by atoms with van der Waals surface area (Å²) in [6.45, 7) is 5.28. The highest BCUT2D eigenvalue weighted by Gasteiger charge is 2.23. The van der Waals surface area contributed by atoms with Crippen LogP contribution in [0.2, 0.25) is 0 Å². The average molecular weight is 244 g/mol. The van der Waals surface area contributed by atoms with Gasteiger partial charge in [0, 0.05) is 24.8 Å². The quantitative estimate of drug-likeness (QED) is 0.885. The Labute approximate surface area is 109 Å². The van der Waals surface area contributed by atoms with Crippen LogP contribution in [0.25, 0.3) is 0 Å². The fourth-order valence-corrected chi connectivity index (χ4v) is 2.56. The summed E-state index contributed by atoms with van der Waals surface area (Å²) in [5.41, 5.74) is 5.07. The first-order valence-electron chi connectivity index (χ1n) is 6.57. The minimum atomic E-state index is 0.481. The molecule has 2 rings (SSSR count). The zero-order chi connectivity index (χ0) is 13.0. The Bertz CT molecular complexity index is 428. The molecule has 4 nitrogen and oxygen atoms in total. The van der Waals surface area contributed by atoms with E-state index in [1.165, 1.54) is 19.3 Å². The van der Waals surface area contributed by atoms with Crippen molar-refractivity contribution in [3.05, 3.63) is 29.6 Å². The van der Waals surface area contributed by atoms with Crippen LogP contribution in [-0.4, -0.2) is 22.1 Å². The molecule has 0 bridgehead atoms. The van der Waals surface area contributed by atoms with E-state index in [2.05, 4.69) is 35.3 Å². The molecule has 1 aromatic heterocycles. The average Bonchev–Trinajstić information content (AvgIpc) is 2.38. The number of hydrogen-bond donors (Lipinski definition) is 1.